The standard InChI is InChI=1S/C24H21N3O4S/c1-30-17-18-10-8-9-15-21(18)22-16-23(31-19-11-4-2-5-12-19)26-24(25-22)27-32(28,29)20-13-6-3-7-14-20/h2-16H,17H2,1H3,(H,25,26,27). The van der Waals surface area contributed by atoms with Gasteiger partial charge in [0, 0.05) is 18.7 Å². The van der Waals surface area contributed by atoms with Crippen LogP contribution >= 0.6 is 0 Å². The van der Waals surface area contributed by atoms with Gasteiger partial charge < -0.3 is 9.47 Å². The third-order valence-corrected chi connectivity index (χ3v) is 5.88. The third kappa shape index (κ3) is 5.11. The highest BCUT2D eigenvalue weighted by molar-refractivity contribution is 7.92. The second kappa shape index (κ2) is 9.59. The van der Waals surface area contributed by atoms with Crippen molar-refractivity contribution in [2.75, 3.05) is 11.8 Å². The van der Waals surface area contributed by atoms with E-state index in [4.69, 9.17) is 9.47 Å². The molecule has 3 aromatic carbocycles. The Morgan fingerprint density at radius 2 is 1.50 bits per heavy atom. The minimum absolute atomic E-state index is 0.0931. The van der Waals surface area contributed by atoms with E-state index in [1.54, 1.807) is 43.5 Å². The summed E-state index contributed by atoms with van der Waals surface area (Å²) < 4.78 is 39.3. The van der Waals surface area contributed by atoms with Gasteiger partial charge in [0.2, 0.25) is 11.8 Å². The van der Waals surface area contributed by atoms with Gasteiger partial charge in [-0.2, -0.15) is 4.98 Å². The molecule has 1 N–H and O–H groups in total. The zero-order valence-corrected chi connectivity index (χ0v) is 18.1. The Morgan fingerprint density at radius 1 is 0.844 bits per heavy atom. The van der Waals surface area contributed by atoms with E-state index in [2.05, 4.69) is 14.7 Å². The van der Waals surface area contributed by atoms with E-state index in [1.165, 1.54) is 12.1 Å². The van der Waals surface area contributed by atoms with E-state index in [9.17, 15) is 8.42 Å². The maximum atomic E-state index is 12.8. The smallest absolute Gasteiger partial charge is 0.264 e. The van der Waals surface area contributed by atoms with E-state index in [1.807, 2.05) is 42.5 Å². The molecule has 0 amide bonds. The van der Waals surface area contributed by atoms with E-state index in [-0.39, 0.29) is 16.7 Å². The Kier molecular flexibility index (Phi) is 6.44. The van der Waals surface area contributed by atoms with Crippen LogP contribution in [0.3, 0.4) is 0 Å². The monoisotopic (exact) mass is 447 g/mol. The number of hydrogen-bond acceptors (Lipinski definition) is 6. The Hall–Kier alpha value is -3.75. The number of benzene rings is 3. The van der Waals surface area contributed by atoms with Crippen LogP contribution in [0.25, 0.3) is 11.3 Å². The Morgan fingerprint density at radius 3 is 2.22 bits per heavy atom. The molecule has 32 heavy (non-hydrogen) atoms. The van der Waals surface area contributed by atoms with Crippen molar-refractivity contribution in [2.24, 2.45) is 0 Å². The molecule has 0 fully saturated rings. The predicted molar refractivity (Wildman–Crippen MR) is 122 cm³/mol. The number of nitrogens with one attached hydrogen (secondary N) is 1. The van der Waals surface area contributed by atoms with Gasteiger partial charge in [0.1, 0.15) is 5.75 Å². The second-order valence-electron chi connectivity index (χ2n) is 6.84. The lowest BCUT2D eigenvalue weighted by atomic mass is 10.1. The van der Waals surface area contributed by atoms with Crippen molar-refractivity contribution >= 4 is 16.0 Å². The first kappa shape index (κ1) is 21.5. The van der Waals surface area contributed by atoms with Gasteiger partial charge >= 0.3 is 0 Å². The highest BCUT2D eigenvalue weighted by Gasteiger charge is 2.18. The summed E-state index contributed by atoms with van der Waals surface area (Å²) in [6.07, 6.45) is 0. The Bertz CT molecular complexity index is 1300. The van der Waals surface area contributed by atoms with Crippen LogP contribution in [0.1, 0.15) is 5.56 Å². The van der Waals surface area contributed by atoms with E-state index in [0.717, 1.165) is 11.1 Å². The summed E-state index contributed by atoms with van der Waals surface area (Å²) in [4.78, 5) is 8.86. The van der Waals surface area contributed by atoms with Crippen molar-refractivity contribution in [3.63, 3.8) is 0 Å². The first-order valence-electron chi connectivity index (χ1n) is 9.82. The van der Waals surface area contributed by atoms with Crippen LogP contribution in [0.4, 0.5) is 5.95 Å². The lowest BCUT2D eigenvalue weighted by Crippen LogP contribution is -2.15. The van der Waals surface area contributed by atoms with Crippen molar-refractivity contribution in [1.29, 1.82) is 0 Å². The quantitative estimate of drug-likeness (QED) is 0.414. The second-order valence-corrected chi connectivity index (χ2v) is 8.52. The zero-order valence-electron chi connectivity index (χ0n) is 17.3. The summed E-state index contributed by atoms with van der Waals surface area (Å²) in [5.74, 6) is 0.683. The van der Waals surface area contributed by atoms with Crippen LogP contribution in [-0.4, -0.2) is 25.5 Å². The molecule has 0 bridgehead atoms. The van der Waals surface area contributed by atoms with Crippen LogP contribution in [-0.2, 0) is 21.4 Å². The van der Waals surface area contributed by atoms with Crippen molar-refractivity contribution in [1.82, 2.24) is 9.97 Å². The average Bonchev–Trinajstić information content (AvgIpc) is 2.80. The number of rotatable bonds is 8. The van der Waals surface area contributed by atoms with E-state index in [0.29, 0.717) is 18.1 Å². The van der Waals surface area contributed by atoms with Crippen molar-refractivity contribution < 1.29 is 17.9 Å². The molecule has 0 atom stereocenters. The molecule has 0 saturated carbocycles. The fraction of sp³-hybridized carbons (Fsp3) is 0.0833. The highest BCUT2D eigenvalue weighted by Crippen LogP contribution is 2.29. The molecular formula is C24H21N3O4S. The minimum atomic E-state index is -3.88. The largest absolute Gasteiger partial charge is 0.439 e. The van der Waals surface area contributed by atoms with Crippen molar-refractivity contribution in [3.8, 4) is 22.9 Å². The number of sulfonamides is 1. The first-order chi connectivity index (χ1) is 15.5. The molecule has 8 heteroatoms. The summed E-state index contributed by atoms with van der Waals surface area (Å²) >= 11 is 0. The summed E-state index contributed by atoms with van der Waals surface area (Å²) in [7, 11) is -2.27. The number of methoxy groups -OCH3 is 1. The molecule has 1 aromatic heterocycles. The number of hydrogen-bond donors (Lipinski definition) is 1. The molecule has 0 unspecified atom stereocenters. The molecule has 0 spiro atoms. The first-order valence-corrected chi connectivity index (χ1v) is 11.3. The fourth-order valence-corrected chi connectivity index (χ4v) is 4.07. The van der Waals surface area contributed by atoms with Crippen molar-refractivity contribution in [2.45, 2.75) is 11.5 Å². The van der Waals surface area contributed by atoms with Gasteiger partial charge in [-0.25, -0.2) is 18.1 Å². The third-order valence-electron chi connectivity index (χ3n) is 4.54. The molecule has 0 radical (unpaired) electrons. The normalized spacial score (nSPS) is 11.2. The number of anilines is 1. The van der Waals surface area contributed by atoms with Gasteiger partial charge in [0.05, 0.1) is 17.2 Å². The molecule has 7 nitrogen and oxygen atoms in total. The van der Waals surface area contributed by atoms with Crippen LogP contribution in [0.2, 0.25) is 0 Å². The molecular weight excluding hydrogens is 426 g/mol. The minimum Gasteiger partial charge on any atom is -0.439 e. The fourth-order valence-electron chi connectivity index (χ4n) is 3.10. The Labute approximate surface area is 186 Å². The number of nitrogens with zero attached hydrogens (tertiary/aromatic N) is 2. The molecule has 0 aliphatic rings. The predicted octanol–water partition coefficient (Wildman–Crippen LogP) is 4.88. The van der Waals surface area contributed by atoms with E-state index < -0.39 is 10.0 Å². The maximum Gasteiger partial charge on any atom is 0.264 e. The van der Waals surface area contributed by atoms with E-state index >= 15 is 0 Å². The van der Waals surface area contributed by atoms with Crippen LogP contribution in [0, 0.1) is 0 Å². The molecule has 1 heterocycles. The molecule has 0 aliphatic carbocycles. The lowest BCUT2D eigenvalue weighted by molar-refractivity contribution is 0.185. The van der Waals surface area contributed by atoms with Crippen LogP contribution in [0.15, 0.2) is 95.9 Å². The maximum absolute atomic E-state index is 12.8. The van der Waals surface area contributed by atoms with Gasteiger partial charge in [-0.15, -0.1) is 0 Å². The summed E-state index contributed by atoms with van der Waals surface area (Å²) in [6.45, 7) is 0.375. The molecule has 0 saturated heterocycles. The van der Waals surface area contributed by atoms with Crippen LogP contribution < -0.4 is 9.46 Å². The van der Waals surface area contributed by atoms with Gasteiger partial charge in [-0.1, -0.05) is 60.7 Å². The topological polar surface area (TPSA) is 90.4 Å². The average molecular weight is 448 g/mol. The van der Waals surface area contributed by atoms with Gasteiger partial charge in [-0.05, 0) is 29.8 Å². The Balaban J connectivity index is 1.78. The molecule has 162 valence electrons. The summed E-state index contributed by atoms with van der Waals surface area (Å²) in [5, 5.41) is 0. The number of aromatic nitrogens is 2. The van der Waals surface area contributed by atoms with Gasteiger partial charge in [0.15, 0.2) is 0 Å². The van der Waals surface area contributed by atoms with Crippen LogP contribution in [0.5, 0.6) is 11.6 Å². The highest BCUT2D eigenvalue weighted by atomic mass is 32.2. The molecule has 0 aliphatic heterocycles. The summed E-state index contributed by atoms with van der Waals surface area (Å²) in [5.41, 5.74) is 2.19. The number of para-hydroxylation sites is 1. The molecule has 4 aromatic rings. The van der Waals surface area contributed by atoms with Gasteiger partial charge in [-0.3, -0.25) is 0 Å². The summed E-state index contributed by atoms with van der Waals surface area (Å²) in [6, 6.07) is 26.4. The zero-order chi connectivity index (χ0) is 22.4. The number of ether oxygens (including phenoxy) is 2. The SMILES string of the molecule is COCc1ccccc1-c1cc(Oc2ccccc2)nc(NS(=O)(=O)c2ccccc2)n1. The molecule has 4 rings (SSSR count). The lowest BCUT2D eigenvalue weighted by Gasteiger charge is -2.13. The van der Waals surface area contributed by atoms with Crippen molar-refractivity contribution in [3.05, 3.63) is 96.6 Å². The van der Waals surface area contributed by atoms with Gasteiger partial charge in [0.25, 0.3) is 10.0 Å².